The van der Waals surface area contributed by atoms with E-state index < -0.39 is 30.7 Å². The molecule has 1 fully saturated rings. The van der Waals surface area contributed by atoms with Gasteiger partial charge in [0.15, 0.2) is 6.29 Å². The van der Waals surface area contributed by atoms with Crippen LogP contribution in [0.2, 0.25) is 0 Å². The Kier molecular flexibility index (Phi) is 12.0. The Morgan fingerprint density at radius 3 is 2.04 bits per heavy atom. The van der Waals surface area contributed by atoms with Gasteiger partial charge < -0.3 is 29.5 Å². The van der Waals surface area contributed by atoms with Gasteiger partial charge in [0.05, 0.1) is 0 Å². The van der Waals surface area contributed by atoms with Crippen molar-refractivity contribution in [1.29, 1.82) is 0 Å². The van der Waals surface area contributed by atoms with E-state index in [9.17, 15) is 20.1 Å². The summed E-state index contributed by atoms with van der Waals surface area (Å²) in [6, 6.07) is 0. The monoisotopic (exact) mass is 376 g/mol. The highest BCUT2D eigenvalue weighted by molar-refractivity contribution is 5.69. The van der Waals surface area contributed by atoms with Gasteiger partial charge in [-0.05, 0) is 6.42 Å². The second-order valence-corrected chi connectivity index (χ2v) is 7.01. The van der Waals surface area contributed by atoms with Crippen LogP contribution in [0.15, 0.2) is 0 Å². The number of carbonyl (C=O) groups excluding carboxylic acids is 1. The highest BCUT2D eigenvalue weighted by atomic mass is 16.7. The minimum absolute atomic E-state index is 0.179. The molecule has 0 aromatic carbocycles. The number of hydrogen-bond acceptors (Lipinski definition) is 7. The SMILES string of the molecule is CCCCCCCCCCCC(=O)OC[C@H]1O[C@@H](OC)[C@H](O)[C@@H](O)[C@@H]1O. The van der Waals surface area contributed by atoms with Crippen molar-refractivity contribution < 1.29 is 34.3 Å². The third-order valence-corrected chi connectivity index (χ3v) is 4.79. The van der Waals surface area contributed by atoms with E-state index in [0.29, 0.717) is 6.42 Å². The number of ether oxygens (including phenoxy) is 3. The van der Waals surface area contributed by atoms with Crippen LogP contribution in [-0.2, 0) is 19.0 Å². The number of carbonyl (C=O) groups is 1. The van der Waals surface area contributed by atoms with Crippen molar-refractivity contribution in [2.45, 2.75) is 102 Å². The molecule has 0 saturated carbocycles. The van der Waals surface area contributed by atoms with E-state index in [1.165, 1.54) is 45.6 Å². The number of aliphatic hydroxyl groups excluding tert-OH is 3. The van der Waals surface area contributed by atoms with Crippen molar-refractivity contribution in [2.75, 3.05) is 13.7 Å². The lowest BCUT2D eigenvalue weighted by Crippen LogP contribution is -2.59. The smallest absolute Gasteiger partial charge is 0.305 e. The predicted molar refractivity (Wildman–Crippen MR) is 96.5 cm³/mol. The van der Waals surface area contributed by atoms with Gasteiger partial charge in [-0.2, -0.15) is 0 Å². The lowest BCUT2D eigenvalue weighted by Gasteiger charge is -2.39. The average Bonchev–Trinajstić information content (AvgIpc) is 2.64. The zero-order chi connectivity index (χ0) is 19.4. The third kappa shape index (κ3) is 8.31. The minimum Gasteiger partial charge on any atom is -0.463 e. The molecule has 0 unspecified atom stereocenters. The molecular formula is C19H36O7. The largest absolute Gasteiger partial charge is 0.463 e. The maximum absolute atomic E-state index is 11.8. The Hall–Kier alpha value is -0.730. The van der Waals surface area contributed by atoms with Crippen molar-refractivity contribution in [1.82, 2.24) is 0 Å². The third-order valence-electron chi connectivity index (χ3n) is 4.79. The van der Waals surface area contributed by atoms with Crippen LogP contribution in [0.5, 0.6) is 0 Å². The van der Waals surface area contributed by atoms with Crippen LogP contribution in [-0.4, -0.2) is 65.7 Å². The summed E-state index contributed by atoms with van der Waals surface area (Å²) < 4.78 is 15.4. The van der Waals surface area contributed by atoms with E-state index in [1.807, 2.05) is 0 Å². The molecule has 154 valence electrons. The predicted octanol–water partition coefficient (Wildman–Crippen LogP) is 1.90. The van der Waals surface area contributed by atoms with Gasteiger partial charge in [0.25, 0.3) is 0 Å². The van der Waals surface area contributed by atoms with Gasteiger partial charge in [0.2, 0.25) is 0 Å². The summed E-state index contributed by atoms with van der Waals surface area (Å²) in [4.78, 5) is 11.8. The van der Waals surface area contributed by atoms with Gasteiger partial charge in [0.1, 0.15) is 31.0 Å². The van der Waals surface area contributed by atoms with E-state index in [-0.39, 0.29) is 12.6 Å². The molecule has 1 heterocycles. The maximum Gasteiger partial charge on any atom is 0.305 e. The van der Waals surface area contributed by atoms with Crippen molar-refractivity contribution >= 4 is 5.97 Å². The highest BCUT2D eigenvalue weighted by Crippen LogP contribution is 2.22. The zero-order valence-corrected chi connectivity index (χ0v) is 16.1. The minimum atomic E-state index is -1.41. The van der Waals surface area contributed by atoms with Crippen LogP contribution in [0.3, 0.4) is 0 Å². The summed E-state index contributed by atoms with van der Waals surface area (Å²) in [6.45, 7) is 2.03. The standard InChI is InChI=1S/C19H36O7/c1-3-4-5-6-7-8-9-10-11-12-15(20)25-13-14-16(21)17(22)18(23)19(24-2)26-14/h14,16-19,21-23H,3-13H2,1-2H3/t14-,16-,17+,18-,19-/m1/s1. The second kappa shape index (κ2) is 13.4. The quantitative estimate of drug-likeness (QED) is 0.333. The summed E-state index contributed by atoms with van der Waals surface area (Å²) in [7, 11) is 1.32. The molecule has 1 aliphatic heterocycles. The molecule has 1 aliphatic rings. The van der Waals surface area contributed by atoms with E-state index in [1.54, 1.807) is 0 Å². The maximum atomic E-state index is 11.8. The van der Waals surface area contributed by atoms with Gasteiger partial charge in [-0.3, -0.25) is 4.79 Å². The van der Waals surface area contributed by atoms with Crippen LogP contribution < -0.4 is 0 Å². The second-order valence-electron chi connectivity index (χ2n) is 7.01. The fraction of sp³-hybridized carbons (Fsp3) is 0.947. The number of methoxy groups -OCH3 is 1. The van der Waals surface area contributed by atoms with Crippen LogP contribution in [0.25, 0.3) is 0 Å². The number of hydrogen-bond donors (Lipinski definition) is 3. The molecule has 0 radical (unpaired) electrons. The first kappa shape index (κ1) is 23.3. The summed E-state index contributed by atoms with van der Waals surface area (Å²) in [5.41, 5.74) is 0. The molecular weight excluding hydrogens is 340 g/mol. The Bertz CT molecular complexity index is 375. The van der Waals surface area contributed by atoms with E-state index in [4.69, 9.17) is 14.2 Å². The number of rotatable bonds is 13. The van der Waals surface area contributed by atoms with E-state index >= 15 is 0 Å². The highest BCUT2D eigenvalue weighted by Gasteiger charge is 2.44. The molecule has 7 heteroatoms. The molecule has 0 aromatic heterocycles. The van der Waals surface area contributed by atoms with Crippen LogP contribution in [0.1, 0.15) is 71.1 Å². The van der Waals surface area contributed by atoms with Crippen LogP contribution in [0.4, 0.5) is 0 Å². The van der Waals surface area contributed by atoms with Gasteiger partial charge in [0, 0.05) is 13.5 Å². The fourth-order valence-electron chi connectivity index (χ4n) is 3.08. The summed E-state index contributed by atoms with van der Waals surface area (Å²) >= 11 is 0. The Morgan fingerprint density at radius 2 is 1.46 bits per heavy atom. The molecule has 0 amide bonds. The van der Waals surface area contributed by atoms with Gasteiger partial charge >= 0.3 is 5.97 Å². The number of unbranched alkanes of at least 4 members (excludes halogenated alkanes) is 8. The topological polar surface area (TPSA) is 105 Å². The lowest BCUT2D eigenvalue weighted by molar-refractivity contribution is -0.295. The number of esters is 1. The first-order valence-corrected chi connectivity index (χ1v) is 9.89. The molecule has 0 aromatic rings. The molecule has 3 N–H and O–H groups in total. The van der Waals surface area contributed by atoms with E-state index in [2.05, 4.69) is 6.92 Å². The van der Waals surface area contributed by atoms with Crippen LogP contribution >= 0.6 is 0 Å². The normalized spacial score (nSPS) is 28.9. The molecule has 1 rings (SSSR count). The molecule has 5 atom stereocenters. The van der Waals surface area contributed by atoms with Crippen LogP contribution in [0, 0.1) is 0 Å². The van der Waals surface area contributed by atoms with Crippen molar-refractivity contribution in [3.8, 4) is 0 Å². The zero-order valence-electron chi connectivity index (χ0n) is 16.1. The summed E-state index contributed by atoms with van der Waals surface area (Å²) in [5, 5.41) is 29.4. The first-order chi connectivity index (χ1) is 12.5. The average molecular weight is 376 g/mol. The Morgan fingerprint density at radius 1 is 0.885 bits per heavy atom. The molecule has 26 heavy (non-hydrogen) atoms. The summed E-state index contributed by atoms with van der Waals surface area (Å²) in [5.74, 6) is -0.349. The Balaban J connectivity index is 2.10. The number of aliphatic hydroxyl groups is 3. The molecule has 7 nitrogen and oxygen atoms in total. The van der Waals surface area contributed by atoms with Crippen molar-refractivity contribution in [3.05, 3.63) is 0 Å². The Labute approximate surface area is 156 Å². The summed E-state index contributed by atoms with van der Waals surface area (Å²) in [6.07, 6.45) is 4.82. The van der Waals surface area contributed by atoms with Gasteiger partial charge in [-0.25, -0.2) is 0 Å². The molecule has 0 spiro atoms. The molecule has 0 bridgehead atoms. The van der Waals surface area contributed by atoms with Crippen molar-refractivity contribution in [2.24, 2.45) is 0 Å². The molecule has 1 saturated heterocycles. The first-order valence-electron chi connectivity index (χ1n) is 9.89. The van der Waals surface area contributed by atoms with Gasteiger partial charge in [-0.15, -0.1) is 0 Å². The van der Waals surface area contributed by atoms with Gasteiger partial charge in [-0.1, -0.05) is 58.3 Å². The molecule has 0 aliphatic carbocycles. The lowest BCUT2D eigenvalue weighted by atomic mass is 9.99. The fourth-order valence-corrected chi connectivity index (χ4v) is 3.08. The van der Waals surface area contributed by atoms with E-state index in [0.717, 1.165) is 19.3 Å². The van der Waals surface area contributed by atoms with Crippen molar-refractivity contribution in [3.63, 3.8) is 0 Å².